The molecule has 0 aliphatic carbocycles. The molecule has 32 rings (SSSR count). The summed E-state index contributed by atoms with van der Waals surface area (Å²) in [6.07, 6.45) is 0. The number of halogens is 2. The third-order valence-corrected chi connectivity index (χ3v) is 34.8. The Morgan fingerprint density at radius 3 is 0.832 bits per heavy atom. The van der Waals surface area contributed by atoms with E-state index in [1.165, 1.54) is 296 Å². The van der Waals surface area contributed by atoms with Crippen LogP contribution in [0.4, 0.5) is 0 Å². The van der Waals surface area contributed by atoms with Crippen LogP contribution < -0.4 is 14.2 Å². The minimum atomic E-state index is 0.0191. The van der Waals surface area contributed by atoms with Gasteiger partial charge in [-0.2, -0.15) is 0 Å². The molecular formula is C144H96Br2O3. The maximum absolute atomic E-state index is 7.03. The van der Waals surface area contributed by atoms with Gasteiger partial charge in [0.05, 0.1) is 0 Å². The fourth-order valence-corrected chi connectivity index (χ4v) is 28.2. The lowest BCUT2D eigenvalue weighted by atomic mass is 9.78. The predicted molar refractivity (Wildman–Crippen MR) is 649 cm³/mol. The van der Waals surface area contributed by atoms with Gasteiger partial charge in [-0.25, -0.2) is 0 Å². The van der Waals surface area contributed by atoms with Gasteiger partial charge >= 0.3 is 0 Å². The molecule has 0 unspecified atom stereocenters. The number of aryl methyl sites for hydroxylation is 4. The predicted octanol–water partition coefficient (Wildman–Crippen LogP) is 43.4. The molecule has 32 aromatic rings. The molecule has 0 atom stereocenters. The zero-order chi connectivity index (χ0) is 99.9. The highest BCUT2D eigenvalue weighted by Gasteiger charge is 2.34. The van der Waals surface area contributed by atoms with Crippen molar-refractivity contribution in [3.8, 4) is 56.8 Å². The molecule has 5 heteroatoms. The molecule has 0 N–H and O–H groups in total. The number of para-hydroxylation sites is 3. The van der Waals surface area contributed by atoms with Crippen LogP contribution in [0.5, 0.6) is 34.5 Å². The van der Waals surface area contributed by atoms with Gasteiger partial charge in [-0.05, 0) is 445 Å². The molecule has 0 spiro atoms. The summed E-state index contributed by atoms with van der Waals surface area (Å²) in [5.41, 5.74) is 13.4. The van der Waals surface area contributed by atoms with Crippen molar-refractivity contribution >= 4 is 290 Å². The minimum absolute atomic E-state index is 0.0191. The molecule has 0 saturated heterocycles. The first-order valence-electron chi connectivity index (χ1n) is 51.9. The molecule has 0 aromatic heterocycles. The van der Waals surface area contributed by atoms with Crippen LogP contribution in [0, 0.1) is 27.7 Å². The average molecular weight is 2030 g/mol. The lowest BCUT2D eigenvalue weighted by Gasteiger charge is -2.26. The summed E-state index contributed by atoms with van der Waals surface area (Å²) < 4.78 is 23.0. The fraction of sp³-hybridized carbons (Fsp3) is 0.0833. The lowest BCUT2D eigenvalue weighted by Crippen LogP contribution is -2.12. The quantitative estimate of drug-likeness (QED) is 0.142. The Morgan fingerprint density at radius 1 is 0.161 bits per heavy atom. The maximum Gasteiger partial charge on any atom is 0.144 e. The molecule has 0 bridgehead atoms. The monoisotopic (exact) mass is 2030 g/mol. The van der Waals surface area contributed by atoms with Gasteiger partial charge in [-0.3, -0.25) is 0 Å². The first-order valence-corrected chi connectivity index (χ1v) is 53.5. The second-order valence-electron chi connectivity index (χ2n) is 43.7. The smallest absolute Gasteiger partial charge is 0.144 e. The van der Waals surface area contributed by atoms with Crippen LogP contribution in [0.3, 0.4) is 0 Å². The van der Waals surface area contributed by atoms with E-state index >= 15 is 0 Å². The van der Waals surface area contributed by atoms with Gasteiger partial charge in [0.15, 0.2) is 0 Å². The Morgan fingerprint density at radius 2 is 0.423 bits per heavy atom. The van der Waals surface area contributed by atoms with Crippen molar-refractivity contribution in [2.75, 3.05) is 0 Å². The van der Waals surface area contributed by atoms with Crippen molar-refractivity contribution in [3.63, 3.8) is 0 Å². The average Bonchev–Trinajstić information content (AvgIpc) is 1.52. The summed E-state index contributed by atoms with van der Waals surface area (Å²) in [6.45, 7) is 23.4. The minimum Gasteiger partial charge on any atom is -0.457 e. The Hall–Kier alpha value is -16.8. The molecule has 0 amide bonds. The van der Waals surface area contributed by atoms with Crippen LogP contribution in [-0.2, 0) is 10.8 Å². The van der Waals surface area contributed by atoms with Gasteiger partial charge in [0.25, 0.3) is 0 Å². The zero-order valence-corrected chi connectivity index (χ0v) is 87.3. The molecule has 0 radical (unpaired) electrons. The molecule has 3 nitrogen and oxygen atoms in total. The van der Waals surface area contributed by atoms with Crippen LogP contribution in [-0.4, -0.2) is 0 Å². The summed E-state index contributed by atoms with van der Waals surface area (Å²) in [6, 6.07) is 147. The SMILES string of the molecule is Brc1c2cc3c(cc2c(Br)c2c4cc5ccccc5c5cccc(c12)c54)c1cccc2cccc3c21.Cc1cc(C(C)(C)C)cc(C)c1-c1c2cc3c(cc2c(-c2c(C)cc(C(C)(C)C)cc2C)c2c4cc5ccccc5c5cccc(c12)c54)c1cccc2c(Oc4ccccc4)ccc3c21.c1ccc(Oc2c3cc4c(cc3c(Oc3ccccc3)c3c5cccc6cccc(c23)c65)c2cc3ccccc3c3cccc4c32)cc1. The van der Waals surface area contributed by atoms with Gasteiger partial charge in [0.1, 0.15) is 34.5 Å². The maximum atomic E-state index is 7.03. The molecule has 32 aromatic carbocycles. The number of rotatable bonds is 8. The van der Waals surface area contributed by atoms with Crippen LogP contribution >= 0.6 is 31.9 Å². The Bertz CT molecular complexity index is 11300. The van der Waals surface area contributed by atoms with Crippen molar-refractivity contribution in [3.05, 3.63) is 443 Å². The molecule has 149 heavy (non-hydrogen) atoms. The Balaban J connectivity index is 0.000000107. The van der Waals surface area contributed by atoms with Gasteiger partial charge in [0, 0.05) is 52.0 Å². The second kappa shape index (κ2) is 32.4. The highest BCUT2D eigenvalue weighted by Crippen LogP contribution is 2.61. The molecular weight excluding hydrogens is 1940 g/mol. The first-order chi connectivity index (χ1) is 72.7. The first kappa shape index (κ1) is 87.6. The third-order valence-electron chi connectivity index (χ3n) is 33.1. The van der Waals surface area contributed by atoms with Crippen LogP contribution in [0.1, 0.15) is 74.9 Å². The standard InChI is InChI=1S/C64H54O.C46H26O2.C34H16Br2/c1-35-28-40(63(5,6)7)29-36(2)55(35)60-51-34-50-46-26-27-54(65-42-19-12-11-13-20-42)47-24-16-23-45(57(46)47)49(50)33-52(51)61(56-37(3)30-41(31-38(56)4)64(8,9)10)62-53-32-39-18-14-15-21-43(39)44-22-17-25-48(58(44)53)59(60)62;1-3-15-29(16-4-1)47-45-39-25-36-33-21-11-20-32-31-19-8-7-12-28(31)24-38(42(32)33)37(36)26-40(39)46(48-30-17-5-2-6-18-30)44-35-23-10-14-27-13-9-22-34(41(27)35)43(44)45;35-33-26-15-24-21-10-3-7-17-8-4-11-22(29(17)21)25(24)16-27(26)34(36)32-28-14-18-6-1-2-9-19(18)20-12-5-13-23(30(20)28)31(32)33/h11-34H,1-10H3;1-26H;1-16H. The van der Waals surface area contributed by atoms with Gasteiger partial charge < -0.3 is 14.2 Å². The summed E-state index contributed by atoms with van der Waals surface area (Å²) >= 11 is 8.22. The van der Waals surface area contributed by atoms with E-state index < -0.39 is 0 Å². The topological polar surface area (TPSA) is 27.7 Å². The lowest BCUT2D eigenvalue weighted by molar-refractivity contribution is 0.486. The van der Waals surface area contributed by atoms with Crippen LogP contribution in [0.25, 0.3) is 281 Å². The molecule has 0 fully saturated rings. The molecule has 0 heterocycles. The molecule has 0 saturated carbocycles. The summed E-state index contributed by atoms with van der Waals surface area (Å²) in [4.78, 5) is 0. The van der Waals surface area contributed by atoms with Gasteiger partial charge in [-0.15, -0.1) is 0 Å². The van der Waals surface area contributed by atoms with Gasteiger partial charge in [0.2, 0.25) is 0 Å². The van der Waals surface area contributed by atoms with Crippen molar-refractivity contribution < 1.29 is 14.2 Å². The largest absolute Gasteiger partial charge is 0.457 e. The van der Waals surface area contributed by atoms with Crippen molar-refractivity contribution in [1.82, 2.24) is 0 Å². The number of hydrogen-bond acceptors (Lipinski definition) is 3. The summed E-state index contributed by atoms with van der Waals surface area (Å²) in [5, 5.41) is 60.7. The van der Waals surface area contributed by atoms with E-state index in [0.29, 0.717) is 0 Å². The number of ether oxygens (including phenoxy) is 3. The zero-order valence-electron chi connectivity index (χ0n) is 84.1. The summed E-state index contributed by atoms with van der Waals surface area (Å²) in [5.74, 6) is 5.03. The van der Waals surface area contributed by atoms with E-state index in [9.17, 15) is 0 Å². The summed E-state index contributed by atoms with van der Waals surface area (Å²) in [7, 11) is 0. The number of hydrogen-bond donors (Lipinski definition) is 0. The third kappa shape index (κ3) is 12.8. The molecule has 704 valence electrons. The van der Waals surface area contributed by atoms with Crippen LogP contribution in [0.2, 0.25) is 0 Å². The highest BCUT2D eigenvalue weighted by atomic mass is 79.9. The van der Waals surface area contributed by atoms with Crippen LogP contribution in [0.15, 0.2) is 409 Å². The van der Waals surface area contributed by atoms with Crippen molar-refractivity contribution in [2.45, 2.75) is 80.1 Å². The number of benzene rings is 26. The Kier molecular flexibility index (Phi) is 19.0. The van der Waals surface area contributed by atoms with Gasteiger partial charge in [-0.1, -0.05) is 339 Å². The van der Waals surface area contributed by atoms with E-state index in [0.717, 1.165) is 61.4 Å². The normalized spacial score (nSPS) is 12.6. The number of fused-ring (bicyclic) bond motifs is 27. The molecule has 0 aliphatic heterocycles. The second-order valence-corrected chi connectivity index (χ2v) is 45.3. The van der Waals surface area contributed by atoms with Crippen molar-refractivity contribution in [2.24, 2.45) is 0 Å². The van der Waals surface area contributed by atoms with E-state index in [1.54, 1.807) is 0 Å². The molecule has 0 aliphatic rings. The Labute approximate surface area is 877 Å². The van der Waals surface area contributed by atoms with E-state index in [2.05, 4.69) is 410 Å². The van der Waals surface area contributed by atoms with E-state index in [1.807, 2.05) is 91.0 Å². The highest BCUT2D eigenvalue weighted by molar-refractivity contribution is 9.11. The van der Waals surface area contributed by atoms with E-state index in [-0.39, 0.29) is 10.8 Å². The van der Waals surface area contributed by atoms with E-state index in [4.69, 9.17) is 14.2 Å². The fourth-order valence-electron chi connectivity index (χ4n) is 26.7. The van der Waals surface area contributed by atoms with Crippen molar-refractivity contribution in [1.29, 1.82) is 0 Å².